The monoisotopic (exact) mass is 896 g/mol. The van der Waals surface area contributed by atoms with Crippen LogP contribution >= 0.6 is 0 Å². The molecule has 2 saturated carbocycles. The molecule has 16 atom stereocenters. The maximum absolute atomic E-state index is 14.4. The number of ether oxygens (including phenoxy) is 4. The van der Waals surface area contributed by atoms with Crippen LogP contribution in [0.4, 0.5) is 0 Å². The maximum atomic E-state index is 14.4. The third-order valence-corrected chi connectivity index (χ3v) is 15.2. The van der Waals surface area contributed by atoms with Crippen LogP contribution < -0.4 is 0 Å². The summed E-state index contributed by atoms with van der Waals surface area (Å²) in [6.45, 7) is 12.9. The topological polar surface area (TPSA) is 186 Å². The zero-order valence-electron chi connectivity index (χ0n) is 39.8. The molecule has 0 aromatic heterocycles. The zero-order chi connectivity index (χ0) is 47.0. The molecule has 2 aliphatic carbocycles. The number of allylic oxidation sites excluding steroid dienone is 6. The van der Waals surface area contributed by atoms with E-state index in [9.17, 15) is 39.3 Å². The number of methoxy groups -OCH3 is 2. The third-order valence-electron chi connectivity index (χ3n) is 15.2. The number of carbonyl (C=O) groups is 5. The molecule has 3 heterocycles. The molecule has 5 rings (SSSR count). The van der Waals surface area contributed by atoms with Gasteiger partial charge in [0, 0.05) is 51.4 Å². The highest BCUT2D eigenvalue weighted by Crippen LogP contribution is 2.51. The minimum Gasteiger partial charge on any atom is -0.460 e. The van der Waals surface area contributed by atoms with Gasteiger partial charge in [-0.25, -0.2) is 4.79 Å². The van der Waals surface area contributed by atoms with Crippen LogP contribution in [0.15, 0.2) is 47.6 Å². The summed E-state index contributed by atoms with van der Waals surface area (Å²) in [6.07, 6.45) is 12.9. The van der Waals surface area contributed by atoms with E-state index in [0.717, 1.165) is 24.8 Å². The maximum Gasteiger partial charge on any atom is 0.329 e. The number of aliphatic hydroxyl groups excluding tert-OH is 2. The number of piperidine rings is 1. The molecule has 0 aromatic carbocycles. The van der Waals surface area contributed by atoms with Crippen LogP contribution in [0.1, 0.15) is 126 Å². The molecule has 13 heteroatoms. The van der Waals surface area contributed by atoms with E-state index in [2.05, 4.69) is 0 Å². The average Bonchev–Trinajstić information content (AvgIpc) is 3.84. The fraction of sp³-hybridized carbons (Fsp3) is 0.745. The molecule has 358 valence electrons. The van der Waals surface area contributed by atoms with E-state index in [1.54, 1.807) is 34.0 Å². The summed E-state index contributed by atoms with van der Waals surface area (Å²) in [5.74, 6) is -6.92. The molecule has 0 aromatic rings. The molecule has 0 radical (unpaired) electrons. The lowest BCUT2D eigenvalue weighted by Gasteiger charge is -2.42. The summed E-state index contributed by atoms with van der Waals surface area (Å²) in [7, 11) is 2.97. The molecule has 3 N–H and O–H groups in total. The van der Waals surface area contributed by atoms with Crippen molar-refractivity contribution in [2.75, 3.05) is 20.8 Å². The van der Waals surface area contributed by atoms with Gasteiger partial charge in [0.1, 0.15) is 30.1 Å². The Hall–Kier alpha value is -3.33. The number of amides is 1. The van der Waals surface area contributed by atoms with Gasteiger partial charge < -0.3 is 39.2 Å². The van der Waals surface area contributed by atoms with Gasteiger partial charge in [0.25, 0.3) is 11.7 Å². The van der Waals surface area contributed by atoms with E-state index in [1.165, 1.54) is 12.0 Å². The first kappa shape index (κ1) is 51.7. The number of cyclic esters (lactones) is 1. The van der Waals surface area contributed by atoms with E-state index >= 15 is 0 Å². The van der Waals surface area contributed by atoms with Crippen molar-refractivity contribution in [3.8, 4) is 0 Å². The van der Waals surface area contributed by atoms with Crippen LogP contribution in [0.3, 0.4) is 0 Å². The number of nitrogens with zero attached hydrogens (tertiary/aromatic N) is 1. The Labute approximate surface area is 381 Å². The zero-order valence-corrected chi connectivity index (χ0v) is 39.8. The van der Waals surface area contributed by atoms with E-state index in [0.29, 0.717) is 62.4 Å². The van der Waals surface area contributed by atoms with Gasteiger partial charge in [0.05, 0.1) is 18.3 Å². The number of Topliss-reactive ketones (excluding diaryl/α,β-unsaturated/α-hetero) is 3. The predicted octanol–water partition coefficient (Wildman–Crippen LogP) is 6.41. The van der Waals surface area contributed by atoms with Crippen LogP contribution in [0.5, 0.6) is 0 Å². The second-order valence-corrected chi connectivity index (χ2v) is 20.1. The number of rotatable bonds is 5. The molecular weight excluding hydrogens is 819 g/mol. The molecule has 3 aliphatic heterocycles. The smallest absolute Gasteiger partial charge is 0.329 e. The van der Waals surface area contributed by atoms with E-state index in [-0.39, 0.29) is 54.8 Å². The first-order valence-electron chi connectivity index (χ1n) is 23.9. The quantitative estimate of drug-likeness (QED) is 0.157. The molecule has 5 aliphatic rings. The molecule has 0 spiro atoms. The summed E-state index contributed by atoms with van der Waals surface area (Å²) in [5, 5.41) is 33.8. The van der Waals surface area contributed by atoms with Crippen molar-refractivity contribution in [3.05, 3.63) is 47.6 Å². The third kappa shape index (κ3) is 12.4. The Bertz CT molecular complexity index is 1780. The number of hydrogen-bond acceptors (Lipinski definition) is 12. The lowest BCUT2D eigenvalue weighted by atomic mass is 9.79. The Morgan fingerprint density at radius 1 is 0.859 bits per heavy atom. The van der Waals surface area contributed by atoms with Crippen LogP contribution in [0.25, 0.3) is 0 Å². The number of aliphatic hydroxyl groups is 3. The second-order valence-electron chi connectivity index (χ2n) is 20.1. The predicted molar refractivity (Wildman–Crippen MR) is 241 cm³/mol. The van der Waals surface area contributed by atoms with Gasteiger partial charge in [-0.05, 0) is 119 Å². The fourth-order valence-corrected chi connectivity index (χ4v) is 11.1. The Kier molecular flexibility index (Phi) is 18.5. The summed E-state index contributed by atoms with van der Waals surface area (Å²) in [5.41, 5.74) is 1.29. The van der Waals surface area contributed by atoms with Crippen LogP contribution in [-0.4, -0.2) is 119 Å². The summed E-state index contributed by atoms with van der Waals surface area (Å²) < 4.78 is 23.8. The highest BCUT2D eigenvalue weighted by atomic mass is 16.6. The Balaban J connectivity index is 1.46. The van der Waals surface area contributed by atoms with Crippen molar-refractivity contribution < 1.29 is 58.2 Å². The Morgan fingerprint density at radius 2 is 1.59 bits per heavy atom. The van der Waals surface area contributed by atoms with Gasteiger partial charge in [-0.15, -0.1) is 0 Å². The van der Waals surface area contributed by atoms with Crippen molar-refractivity contribution in [1.82, 2.24) is 4.90 Å². The minimum absolute atomic E-state index is 0.0279. The number of ketones is 3. The van der Waals surface area contributed by atoms with Gasteiger partial charge in [-0.2, -0.15) is 0 Å². The van der Waals surface area contributed by atoms with Crippen molar-refractivity contribution in [2.24, 2.45) is 47.3 Å². The van der Waals surface area contributed by atoms with Gasteiger partial charge in [-0.3, -0.25) is 19.2 Å². The molecule has 1 amide bonds. The van der Waals surface area contributed by atoms with Crippen molar-refractivity contribution >= 4 is 29.2 Å². The molecule has 4 bridgehead atoms. The van der Waals surface area contributed by atoms with Gasteiger partial charge >= 0.3 is 5.97 Å². The highest BCUT2D eigenvalue weighted by Gasteiger charge is 2.53. The average molecular weight is 896 g/mol. The normalized spacial score (nSPS) is 42.5. The second kappa shape index (κ2) is 22.9. The highest BCUT2D eigenvalue weighted by molar-refractivity contribution is 6.39. The summed E-state index contributed by atoms with van der Waals surface area (Å²) in [6, 6.07) is -1.11. The van der Waals surface area contributed by atoms with Crippen LogP contribution in [0.2, 0.25) is 0 Å². The van der Waals surface area contributed by atoms with Crippen molar-refractivity contribution in [1.29, 1.82) is 0 Å². The lowest BCUT2D eigenvalue weighted by molar-refractivity contribution is -0.265. The molecule has 4 fully saturated rings. The summed E-state index contributed by atoms with van der Waals surface area (Å²) >= 11 is 0. The molecule has 0 unspecified atom stereocenters. The number of hydrogen-bond donors (Lipinski definition) is 3. The summed E-state index contributed by atoms with van der Waals surface area (Å²) in [4.78, 5) is 71.8. The molecule has 64 heavy (non-hydrogen) atoms. The minimum atomic E-state index is -2.41. The van der Waals surface area contributed by atoms with E-state index in [4.69, 9.17) is 18.9 Å². The standard InChI is InChI=1S/C51H77NO12/c1-29-15-11-10-12-16-30(2)43(61-8)27-39-19-18-35(7)51(60,64-39)48(57)49(58)52-20-14-13-17-40(52)50(59)63-44(32(4)23-36-24-38-25-37(36)26-42(38)54)28-41(53)31(3)22-34(6)46(56)47(62-9)45(55)33(5)21-29/h10-12,15-16,22,29,31-33,35-40,42-44,46-47,54,56,60H,13-14,17-21,23-28H2,1-9H3/b12-10+,15-11+,30-16+,34-22+/t29-,31-,32-,33-,35-,36-,37+,38-,39+,40+,42-,43+,44+,46-,47+,51-/m1/s1. The van der Waals surface area contributed by atoms with Crippen molar-refractivity contribution in [3.63, 3.8) is 0 Å². The first-order chi connectivity index (χ1) is 30.3. The van der Waals surface area contributed by atoms with E-state index in [1.807, 2.05) is 58.1 Å². The number of fused-ring (bicyclic) bond motifs is 5. The lowest BCUT2D eigenvalue weighted by Crippen LogP contribution is -2.61. The number of carbonyl (C=O) groups excluding carboxylic acids is 5. The fourth-order valence-electron chi connectivity index (χ4n) is 11.1. The Morgan fingerprint density at radius 3 is 2.25 bits per heavy atom. The van der Waals surface area contributed by atoms with Crippen molar-refractivity contribution in [2.45, 2.75) is 174 Å². The van der Waals surface area contributed by atoms with Gasteiger partial charge in [0.2, 0.25) is 5.79 Å². The van der Waals surface area contributed by atoms with Crippen LogP contribution in [0, 0.1) is 47.3 Å². The van der Waals surface area contributed by atoms with Crippen LogP contribution in [-0.2, 0) is 42.9 Å². The SMILES string of the molecule is CO[C@H]1C[C@@H]2CC[C@@H](C)[C@@](O)(O2)C(=O)C(=O)N2CCCC[C@H]2C(=O)O[C@H]([C@H](C)C[C@@H]2C[C@@H]3C[C@H]2C[C@H]3O)CC(=O)[C@H](C)/C=C(\C)[C@@H](O)[C@@H](OC)C(=O)[C@H](C)C[C@H](C)/C=C/C=C/C=C/1C. The van der Waals surface area contributed by atoms with Gasteiger partial charge in [0.15, 0.2) is 5.78 Å². The first-order valence-corrected chi connectivity index (χ1v) is 23.9. The molecular formula is C51H77NO12. The molecule has 2 saturated heterocycles. The number of esters is 1. The molecule has 13 nitrogen and oxygen atoms in total. The van der Waals surface area contributed by atoms with E-state index < -0.39 is 77.8 Å². The van der Waals surface area contributed by atoms with Gasteiger partial charge in [-0.1, -0.05) is 71.1 Å². The largest absolute Gasteiger partial charge is 0.460 e.